The fraction of sp³-hybridized carbons (Fsp3) is 0.400. The second-order valence-electron chi connectivity index (χ2n) is 1.81. The zero-order chi connectivity index (χ0) is 6.85. The Labute approximate surface area is 66.7 Å². The van der Waals surface area contributed by atoms with Crippen LogP contribution < -0.4 is 0 Å². The number of aryl methyl sites for hydroxylation is 2. The van der Waals surface area contributed by atoms with Crippen LogP contribution in [0.4, 0.5) is 0 Å². The van der Waals surface area contributed by atoms with Crippen molar-refractivity contribution in [2.24, 2.45) is 14.1 Å². The van der Waals surface area contributed by atoms with Gasteiger partial charge in [-0.15, -0.1) is 0 Å². The average Bonchev–Trinajstić information content (AvgIpc) is 2.12. The molecule has 0 spiro atoms. The molecule has 0 amide bonds. The molecule has 0 aliphatic heterocycles. The summed E-state index contributed by atoms with van der Waals surface area (Å²) in [5.74, 6) is 0. The zero-order valence-electron chi connectivity index (χ0n) is 5.23. The molecule has 2 nitrogen and oxygen atoms in total. The fourth-order valence-corrected chi connectivity index (χ4v) is 2.86. The molecule has 0 bridgehead atoms. The van der Waals surface area contributed by atoms with Crippen LogP contribution in [0, 0.1) is 3.63 Å². The molecule has 0 aliphatic carbocycles. The average molecular weight is 329 g/mol. The summed E-state index contributed by atoms with van der Waals surface area (Å²) in [6.07, 6.45) is 4.02. The number of rotatable bonds is 0. The van der Waals surface area contributed by atoms with Crippen molar-refractivity contribution in [2.45, 2.75) is 0 Å². The molecular formula is C5H8AuClN2. The van der Waals surface area contributed by atoms with Gasteiger partial charge in [0.25, 0.3) is 0 Å². The second kappa shape index (κ2) is 2.88. The van der Waals surface area contributed by atoms with Crippen LogP contribution in [-0.4, -0.2) is 9.13 Å². The quantitative estimate of drug-likeness (QED) is 0.632. The minimum atomic E-state index is -0.198. The van der Waals surface area contributed by atoms with E-state index in [1.165, 1.54) is 3.63 Å². The van der Waals surface area contributed by atoms with Crippen molar-refractivity contribution < 1.29 is 18.2 Å². The first-order chi connectivity index (χ1) is 4.25. The molecule has 0 saturated heterocycles. The standard InChI is InChI=1S/C5H8N2.Au.ClH/c1-6-3-4-7(2)5-6;;/h3-4H,1-2H3;;1H/q;+1;/p-1. The van der Waals surface area contributed by atoms with Crippen LogP contribution in [0.15, 0.2) is 12.4 Å². The third-order valence-corrected chi connectivity index (χ3v) is 3.82. The molecule has 0 atom stereocenters. The van der Waals surface area contributed by atoms with Crippen molar-refractivity contribution in [2.75, 3.05) is 0 Å². The van der Waals surface area contributed by atoms with Gasteiger partial charge in [0.05, 0.1) is 0 Å². The van der Waals surface area contributed by atoms with Gasteiger partial charge in [0, 0.05) is 0 Å². The topological polar surface area (TPSA) is 9.86 Å². The molecular weight excluding hydrogens is 320 g/mol. The molecule has 0 N–H and O–H groups in total. The Bertz CT molecular complexity index is 238. The molecule has 1 aromatic heterocycles. The predicted molar refractivity (Wildman–Crippen MR) is 33.5 cm³/mol. The van der Waals surface area contributed by atoms with Gasteiger partial charge in [-0.2, -0.15) is 0 Å². The van der Waals surface area contributed by atoms with Crippen molar-refractivity contribution in [1.82, 2.24) is 9.13 Å². The number of halogens is 1. The number of hydrogen-bond acceptors (Lipinski definition) is 0. The van der Waals surface area contributed by atoms with Gasteiger partial charge in [0.2, 0.25) is 0 Å². The summed E-state index contributed by atoms with van der Waals surface area (Å²) in [6.45, 7) is 0. The summed E-state index contributed by atoms with van der Waals surface area (Å²) >= 11 is -0.198. The first kappa shape index (κ1) is 7.35. The van der Waals surface area contributed by atoms with Crippen LogP contribution in [0.25, 0.3) is 0 Å². The second-order valence-corrected chi connectivity index (χ2v) is 4.12. The first-order valence-corrected chi connectivity index (χ1v) is 6.22. The Morgan fingerprint density at radius 1 is 1.33 bits per heavy atom. The predicted octanol–water partition coefficient (Wildman–Crippen LogP) is 1.13. The minimum absolute atomic E-state index is 0.198. The maximum absolute atomic E-state index is 5.73. The van der Waals surface area contributed by atoms with Gasteiger partial charge in [0.15, 0.2) is 0 Å². The van der Waals surface area contributed by atoms with Crippen molar-refractivity contribution in [3.8, 4) is 0 Å². The molecule has 0 aromatic carbocycles. The van der Waals surface area contributed by atoms with Gasteiger partial charge in [-0.3, -0.25) is 0 Å². The van der Waals surface area contributed by atoms with E-state index in [0.29, 0.717) is 0 Å². The Hall–Kier alpha value is 0.240. The number of imidazole rings is 1. The van der Waals surface area contributed by atoms with E-state index in [4.69, 9.17) is 9.19 Å². The van der Waals surface area contributed by atoms with E-state index in [1.807, 2.05) is 26.5 Å². The van der Waals surface area contributed by atoms with Crippen molar-refractivity contribution in [3.05, 3.63) is 16.0 Å². The molecule has 9 heavy (non-hydrogen) atoms. The number of nitrogens with zero attached hydrogens (tertiary/aromatic N) is 2. The first-order valence-electron chi connectivity index (χ1n) is 2.46. The monoisotopic (exact) mass is 328 g/mol. The Balaban J connectivity index is 3.42. The van der Waals surface area contributed by atoms with E-state index in [1.54, 1.807) is 0 Å². The SMILES string of the molecule is Cn1ccn(C)[c]1=[Au][Cl]. The van der Waals surface area contributed by atoms with Crippen molar-refractivity contribution in [3.63, 3.8) is 0 Å². The maximum atomic E-state index is 5.73. The summed E-state index contributed by atoms with van der Waals surface area (Å²) in [7, 11) is 9.75. The number of aromatic nitrogens is 2. The Morgan fingerprint density at radius 2 is 1.78 bits per heavy atom. The number of hydrogen-bond donors (Lipinski definition) is 0. The van der Waals surface area contributed by atoms with Crippen molar-refractivity contribution in [1.29, 1.82) is 0 Å². The van der Waals surface area contributed by atoms with E-state index >= 15 is 0 Å². The Kier molecular flexibility index (Phi) is 2.35. The van der Waals surface area contributed by atoms with Crippen LogP contribution in [-0.2, 0) is 32.3 Å². The molecule has 0 aliphatic rings. The van der Waals surface area contributed by atoms with Crippen LogP contribution in [0.3, 0.4) is 0 Å². The van der Waals surface area contributed by atoms with E-state index in [0.717, 1.165) is 0 Å². The summed E-state index contributed by atoms with van der Waals surface area (Å²) in [4.78, 5) is 0. The Morgan fingerprint density at radius 3 is 2.00 bits per heavy atom. The third-order valence-electron chi connectivity index (χ3n) is 1.09. The van der Waals surface area contributed by atoms with E-state index < -0.39 is 0 Å². The molecule has 56 valence electrons. The van der Waals surface area contributed by atoms with Crippen LogP contribution in [0.2, 0.25) is 0 Å². The van der Waals surface area contributed by atoms with E-state index in [9.17, 15) is 0 Å². The van der Waals surface area contributed by atoms with Crippen LogP contribution in [0.5, 0.6) is 0 Å². The van der Waals surface area contributed by atoms with Gasteiger partial charge >= 0.3 is 66.6 Å². The van der Waals surface area contributed by atoms with Gasteiger partial charge in [0.1, 0.15) is 0 Å². The molecule has 1 aromatic rings. The molecule has 0 fully saturated rings. The van der Waals surface area contributed by atoms with Gasteiger partial charge < -0.3 is 0 Å². The van der Waals surface area contributed by atoms with Crippen LogP contribution in [0.1, 0.15) is 0 Å². The van der Waals surface area contributed by atoms with E-state index in [2.05, 4.69) is 9.13 Å². The summed E-state index contributed by atoms with van der Waals surface area (Å²) in [5.41, 5.74) is 0. The molecule has 0 radical (unpaired) electrons. The van der Waals surface area contributed by atoms with Gasteiger partial charge in [-0.25, -0.2) is 0 Å². The van der Waals surface area contributed by atoms with Gasteiger partial charge in [-0.05, 0) is 0 Å². The molecule has 4 heteroatoms. The normalized spacial score (nSPS) is 10.6. The molecule has 0 saturated carbocycles. The summed E-state index contributed by atoms with van der Waals surface area (Å²) in [5, 5.41) is 0. The third kappa shape index (κ3) is 1.38. The van der Waals surface area contributed by atoms with E-state index in [-0.39, 0.29) is 18.2 Å². The van der Waals surface area contributed by atoms with Crippen LogP contribution >= 0.6 is 9.19 Å². The molecule has 1 heterocycles. The summed E-state index contributed by atoms with van der Waals surface area (Å²) in [6, 6.07) is 0. The zero-order valence-corrected chi connectivity index (χ0v) is 8.15. The summed E-state index contributed by atoms with van der Waals surface area (Å²) < 4.78 is 5.32. The fourth-order valence-electron chi connectivity index (χ4n) is 0.641. The van der Waals surface area contributed by atoms with Crippen molar-refractivity contribution >= 4 is 9.19 Å². The van der Waals surface area contributed by atoms with Gasteiger partial charge in [-0.1, -0.05) is 0 Å². The molecule has 1 rings (SSSR count). The molecule has 0 unspecified atom stereocenters.